The van der Waals surface area contributed by atoms with E-state index in [1.165, 1.54) is 6.92 Å². The summed E-state index contributed by atoms with van der Waals surface area (Å²) < 4.78 is 27.8. The third-order valence-corrected chi connectivity index (χ3v) is 4.51. The molecule has 0 saturated carbocycles. The van der Waals surface area contributed by atoms with Gasteiger partial charge in [0, 0.05) is 27.7 Å². The summed E-state index contributed by atoms with van der Waals surface area (Å²) in [7, 11) is 0. The van der Waals surface area contributed by atoms with Gasteiger partial charge in [-0.05, 0) is 19.1 Å². The van der Waals surface area contributed by atoms with Crippen LogP contribution >= 0.6 is 12.2 Å². The minimum atomic E-state index is -1.39. The van der Waals surface area contributed by atoms with Crippen LogP contribution in [0.1, 0.15) is 39.6 Å². The van der Waals surface area contributed by atoms with E-state index in [0.29, 0.717) is 0 Å². The van der Waals surface area contributed by atoms with E-state index in [-0.39, 0.29) is 10.5 Å². The second-order valence-corrected chi connectivity index (χ2v) is 7.27. The predicted octanol–water partition coefficient (Wildman–Crippen LogP) is -0.135. The van der Waals surface area contributed by atoms with Crippen LogP contribution in [0.4, 0.5) is 0 Å². The Hall–Kier alpha value is -3.13. The van der Waals surface area contributed by atoms with Crippen LogP contribution in [0.5, 0.6) is 0 Å². The van der Waals surface area contributed by atoms with Crippen molar-refractivity contribution in [3.63, 3.8) is 0 Å². The van der Waals surface area contributed by atoms with Gasteiger partial charge in [-0.25, -0.2) is 4.68 Å². The Balaban J connectivity index is 2.65. The van der Waals surface area contributed by atoms with Gasteiger partial charge < -0.3 is 23.7 Å². The zero-order valence-electron chi connectivity index (χ0n) is 18.0. The predicted molar refractivity (Wildman–Crippen MR) is 106 cm³/mol. The molecule has 1 N–H and O–H groups in total. The van der Waals surface area contributed by atoms with Gasteiger partial charge in [0.25, 0.3) is 5.56 Å². The molecule has 2 rings (SSSR count). The highest BCUT2D eigenvalue weighted by atomic mass is 32.1. The molecular weight excluding hydrogens is 450 g/mol. The number of hydrogen-bond donors (Lipinski definition) is 1. The first kappa shape index (κ1) is 25.1. The van der Waals surface area contributed by atoms with Crippen LogP contribution in [0.2, 0.25) is 0 Å². The van der Waals surface area contributed by atoms with E-state index in [4.69, 9.17) is 35.9 Å². The van der Waals surface area contributed by atoms with Crippen molar-refractivity contribution in [3.05, 3.63) is 20.8 Å². The lowest BCUT2D eigenvalue weighted by atomic mass is 9.97. The molecule has 1 aliphatic rings. The summed E-state index contributed by atoms with van der Waals surface area (Å²) in [5.41, 5.74) is -0.525. The van der Waals surface area contributed by atoms with Crippen LogP contribution in [0.25, 0.3) is 0 Å². The Morgan fingerprint density at radius 3 is 2.03 bits per heavy atom. The van der Waals surface area contributed by atoms with Crippen molar-refractivity contribution >= 4 is 36.1 Å². The minimum Gasteiger partial charge on any atom is -0.463 e. The normalized spacial score (nSPS) is 24.8. The number of carbonyl (C=O) groups excluding carboxylic acids is 4. The summed E-state index contributed by atoms with van der Waals surface area (Å²) in [6, 6.07) is 0. The van der Waals surface area contributed by atoms with Gasteiger partial charge in [-0.1, -0.05) is 0 Å². The van der Waals surface area contributed by atoms with Crippen molar-refractivity contribution in [2.75, 3.05) is 6.61 Å². The van der Waals surface area contributed by atoms with Crippen LogP contribution in [0, 0.1) is 11.7 Å². The molecule has 2 heterocycles. The fraction of sp³-hybridized carbons (Fsp3) is 0.611. The largest absolute Gasteiger partial charge is 0.463 e. The quantitative estimate of drug-likeness (QED) is 0.331. The van der Waals surface area contributed by atoms with Gasteiger partial charge >= 0.3 is 23.9 Å². The second kappa shape index (κ2) is 10.5. The molecule has 0 aromatic carbocycles. The summed E-state index contributed by atoms with van der Waals surface area (Å²) in [4.78, 5) is 61.0. The van der Waals surface area contributed by atoms with Crippen LogP contribution < -0.4 is 5.56 Å². The lowest BCUT2D eigenvalue weighted by molar-refractivity contribution is -0.271. The number of hydrogen-bond acceptors (Lipinski definition) is 12. The van der Waals surface area contributed by atoms with Gasteiger partial charge in [-0.3, -0.25) is 29.0 Å². The lowest BCUT2D eigenvalue weighted by Gasteiger charge is -2.44. The van der Waals surface area contributed by atoms with Gasteiger partial charge in [0.2, 0.25) is 0 Å². The maximum atomic E-state index is 11.9. The van der Waals surface area contributed by atoms with Crippen molar-refractivity contribution in [1.29, 1.82) is 0 Å². The van der Waals surface area contributed by atoms with Gasteiger partial charge in [0.05, 0.1) is 0 Å². The van der Waals surface area contributed by atoms with Crippen LogP contribution in [-0.4, -0.2) is 69.7 Å². The van der Waals surface area contributed by atoms with Gasteiger partial charge in [-0.15, -0.1) is 0 Å². The highest BCUT2D eigenvalue weighted by Crippen LogP contribution is 2.34. The molecule has 1 fully saturated rings. The van der Waals surface area contributed by atoms with E-state index >= 15 is 0 Å². The van der Waals surface area contributed by atoms with Crippen molar-refractivity contribution in [2.24, 2.45) is 0 Å². The Morgan fingerprint density at radius 2 is 1.50 bits per heavy atom. The summed E-state index contributed by atoms with van der Waals surface area (Å²) in [6.45, 7) is 5.51. The van der Waals surface area contributed by atoms with E-state index in [9.17, 15) is 24.0 Å². The number of carbonyl (C=O) groups is 4. The summed E-state index contributed by atoms with van der Waals surface area (Å²) in [5, 5.41) is 4.08. The molecule has 0 amide bonds. The second-order valence-electron chi connectivity index (χ2n) is 6.88. The van der Waals surface area contributed by atoms with Gasteiger partial charge in [0.15, 0.2) is 29.3 Å². The summed E-state index contributed by atoms with van der Waals surface area (Å²) in [6.07, 6.45) is -6.58. The number of esters is 4. The third-order valence-electron chi connectivity index (χ3n) is 4.22. The number of H-pyrrole nitrogens is 1. The third kappa shape index (κ3) is 6.20. The average molecular weight is 473 g/mol. The number of nitrogens with zero attached hydrogens (tertiary/aromatic N) is 2. The van der Waals surface area contributed by atoms with Gasteiger partial charge in [-0.2, -0.15) is 5.10 Å². The highest BCUT2D eigenvalue weighted by Gasteiger charge is 2.53. The highest BCUT2D eigenvalue weighted by molar-refractivity contribution is 7.71. The monoisotopic (exact) mass is 473 g/mol. The minimum absolute atomic E-state index is 0.0199. The van der Waals surface area contributed by atoms with E-state index in [0.717, 1.165) is 32.4 Å². The SMILES string of the molecule is CC(=O)OC[C@H]1O[C@@H](n2nc(C)c(=O)[nH]c2=S)[C@H](OC(C)=O)[C@@H](OC(C)=O)[C@@H]1OC(C)=O. The summed E-state index contributed by atoms with van der Waals surface area (Å²) in [5.74, 6) is -2.94. The first-order chi connectivity index (χ1) is 14.9. The zero-order chi connectivity index (χ0) is 24.2. The van der Waals surface area contributed by atoms with Crippen LogP contribution in [0.15, 0.2) is 4.79 Å². The van der Waals surface area contributed by atoms with E-state index in [2.05, 4.69) is 10.1 Å². The maximum absolute atomic E-state index is 11.9. The first-order valence-corrected chi connectivity index (χ1v) is 9.81. The molecule has 32 heavy (non-hydrogen) atoms. The number of aryl methyl sites for hydroxylation is 1. The molecule has 13 nitrogen and oxygen atoms in total. The first-order valence-electron chi connectivity index (χ1n) is 9.41. The lowest BCUT2D eigenvalue weighted by Crippen LogP contribution is -2.61. The number of aromatic amines is 1. The van der Waals surface area contributed by atoms with Crippen molar-refractivity contribution in [1.82, 2.24) is 14.8 Å². The number of nitrogens with one attached hydrogen (secondary N) is 1. The molecule has 0 radical (unpaired) electrons. The van der Waals surface area contributed by atoms with Crippen LogP contribution in [-0.2, 0) is 42.9 Å². The van der Waals surface area contributed by atoms with E-state index in [1.54, 1.807) is 0 Å². The van der Waals surface area contributed by atoms with E-state index in [1.807, 2.05) is 0 Å². The van der Waals surface area contributed by atoms with Crippen molar-refractivity contribution in [3.8, 4) is 0 Å². The Labute approximate surface area is 186 Å². The average Bonchev–Trinajstić information content (AvgIpc) is 2.65. The molecule has 176 valence electrons. The van der Waals surface area contributed by atoms with Crippen molar-refractivity contribution in [2.45, 2.75) is 65.3 Å². The topological polar surface area (TPSA) is 165 Å². The Kier molecular flexibility index (Phi) is 8.21. The van der Waals surface area contributed by atoms with E-state index < -0.39 is 66.7 Å². The fourth-order valence-electron chi connectivity index (χ4n) is 3.07. The Bertz CT molecular complexity index is 1020. The smallest absolute Gasteiger partial charge is 0.303 e. The van der Waals surface area contributed by atoms with Crippen LogP contribution in [0.3, 0.4) is 0 Å². The molecule has 0 spiro atoms. The standard InChI is InChI=1S/C18H23N3O10S/c1-7-16(26)19-18(32)21(20-7)17-15(30-11(5)25)14(29-10(4)24)13(28-9(3)23)12(31-17)6-27-8(2)22/h12-15,17H,6H2,1-5H3,(H,19,26,32)/t12-,13-,14+,15-,17-/m1/s1. The number of aromatic nitrogens is 3. The number of ether oxygens (including phenoxy) is 5. The van der Waals surface area contributed by atoms with Gasteiger partial charge in [0.1, 0.15) is 18.4 Å². The maximum Gasteiger partial charge on any atom is 0.303 e. The zero-order valence-corrected chi connectivity index (χ0v) is 18.8. The molecule has 0 unspecified atom stereocenters. The molecule has 1 aliphatic heterocycles. The molecule has 1 saturated heterocycles. The molecule has 0 aliphatic carbocycles. The summed E-state index contributed by atoms with van der Waals surface area (Å²) >= 11 is 5.16. The Morgan fingerprint density at radius 1 is 0.969 bits per heavy atom. The molecule has 0 bridgehead atoms. The molecule has 1 aromatic rings. The molecular formula is C18H23N3O10S. The fourth-order valence-corrected chi connectivity index (χ4v) is 3.31. The van der Waals surface area contributed by atoms with Crippen molar-refractivity contribution < 1.29 is 42.9 Å². The molecule has 14 heteroatoms. The number of rotatable bonds is 6. The molecule has 5 atom stereocenters. The molecule has 1 aromatic heterocycles.